The SMILES string of the molecule is CC(C)(C)n1nc(-c2cccnc2)nc1[C@H](c1cccnc1)N1CCOCC1. The largest absolute Gasteiger partial charge is 0.379 e. The number of aromatic nitrogens is 5. The molecule has 146 valence electrons. The van der Waals surface area contributed by atoms with Crippen LogP contribution in [0.3, 0.4) is 0 Å². The molecule has 1 aliphatic heterocycles. The molecule has 7 heteroatoms. The summed E-state index contributed by atoms with van der Waals surface area (Å²) in [4.78, 5) is 16.0. The van der Waals surface area contributed by atoms with Gasteiger partial charge in [-0.15, -0.1) is 0 Å². The Morgan fingerprint density at radius 3 is 2.32 bits per heavy atom. The molecule has 0 N–H and O–H groups in total. The van der Waals surface area contributed by atoms with E-state index in [1.54, 1.807) is 18.6 Å². The van der Waals surface area contributed by atoms with Gasteiger partial charge in [-0.25, -0.2) is 9.67 Å². The Morgan fingerprint density at radius 1 is 1.00 bits per heavy atom. The van der Waals surface area contributed by atoms with Crippen LogP contribution < -0.4 is 0 Å². The highest BCUT2D eigenvalue weighted by Gasteiger charge is 2.33. The van der Waals surface area contributed by atoms with E-state index in [0.29, 0.717) is 5.82 Å². The molecule has 0 spiro atoms. The average molecular weight is 378 g/mol. The van der Waals surface area contributed by atoms with Crippen molar-refractivity contribution in [1.29, 1.82) is 0 Å². The van der Waals surface area contributed by atoms with E-state index in [9.17, 15) is 0 Å². The average Bonchev–Trinajstić information content (AvgIpc) is 3.16. The molecule has 0 radical (unpaired) electrons. The van der Waals surface area contributed by atoms with Crippen LogP contribution in [0.2, 0.25) is 0 Å². The molecule has 1 fully saturated rings. The molecule has 0 bridgehead atoms. The second-order valence-corrected chi connectivity index (χ2v) is 7.96. The molecule has 4 heterocycles. The molecule has 1 saturated heterocycles. The molecule has 4 rings (SSSR count). The molecule has 0 saturated carbocycles. The molecule has 28 heavy (non-hydrogen) atoms. The van der Waals surface area contributed by atoms with Crippen LogP contribution in [-0.2, 0) is 10.3 Å². The molecule has 7 nitrogen and oxygen atoms in total. The lowest BCUT2D eigenvalue weighted by Gasteiger charge is -2.35. The van der Waals surface area contributed by atoms with Gasteiger partial charge in [-0.2, -0.15) is 5.10 Å². The van der Waals surface area contributed by atoms with E-state index in [1.807, 2.05) is 29.1 Å². The Kier molecular flexibility index (Phi) is 5.19. The Morgan fingerprint density at radius 2 is 1.71 bits per heavy atom. The number of ether oxygens (including phenoxy) is 1. The maximum Gasteiger partial charge on any atom is 0.183 e. The highest BCUT2D eigenvalue weighted by atomic mass is 16.5. The van der Waals surface area contributed by atoms with Crippen molar-refractivity contribution < 1.29 is 4.74 Å². The van der Waals surface area contributed by atoms with Gasteiger partial charge >= 0.3 is 0 Å². The summed E-state index contributed by atoms with van der Waals surface area (Å²) in [6, 6.07) is 7.95. The summed E-state index contributed by atoms with van der Waals surface area (Å²) >= 11 is 0. The number of hydrogen-bond donors (Lipinski definition) is 0. The van der Waals surface area contributed by atoms with Crippen molar-refractivity contribution in [2.45, 2.75) is 32.4 Å². The van der Waals surface area contributed by atoms with E-state index in [4.69, 9.17) is 14.8 Å². The van der Waals surface area contributed by atoms with Crippen molar-refractivity contribution in [3.63, 3.8) is 0 Å². The van der Waals surface area contributed by atoms with Crippen LogP contribution in [0.1, 0.15) is 38.2 Å². The van der Waals surface area contributed by atoms with Crippen molar-refractivity contribution in [3.8, 4) is 11.4 Å². The summed E-state index contributed by atoms with van der Waals surface area (Å²) < 4.78 is 7.63. The summed E-state index contributed by atoms with van der Waals surface area (Å²) in [5.41, 5.74) is 1.81. The first-order valence-corrected chi connectivity index (χ1v) is 9.63. The third-order valence-corrected chi connectivity index (χ3v) is 4.84. The molecule has 1 aliphatic rings. The third kappa shape index (κ3) is 3.81. The van der Waals surface area contributed by atoms with Gasteiger partial charge in [0.25, 0.3) is 0 Å². The molecule has 0 amide bonds. The predicted octanol–water partition coefficient (Wildman–Crippen LogP) is 2.91. The Balaban J connectivity index is 1.86. The number of pyridine rings is 2. The van der Waals surface area contributed by atoms with E-state index in [-0.39, 0.29) is 11.6 Å². The van der Waals surface area contributed by atoms with Gasteiger partial charge in [0.2, 0.25) is 0 Å². The minimum absolute atomic E-state index is 0.0326. The van der Waals surface area contributed by atoms with Crippen molar-refractivity contribution in [2.75, 3.05) is 26.3 Å². The fourth-order valence-electron chi connectivity index (χ4n) is 3.51. The lowest BCUT2D eigenvalue weighted by atomic mass is 10.0. The van der Waals surface area contributed by atoms with Crippen LogP contribution in [0.5, 0.6) is 0 Å². The maximum absolute atomic E-state index is 5.59. The lowest BCUT2D eigenvalue weighted by Crippen LogP contribution is -2.41. The van der Waals surface area contributed by atoms with Crippen LogP contribution in [0.4, 0.5) is 0 Å². The van der Waals surface area contributed by atoms with Gasteiger partial charge < -0.3 is 4.74 Å². The summed E-state index contributed by atoms with van der Waals surface area (Å²) in [6.45, 7) is 9.58. The zero-order valence-corrected chi connectivity index (χ0v) is 16.6. The number of hydrogen-bond acceptors (Lipinski definition) is 6. The smallest absolute Gasteiger partial charge is 0.183 e. The zero-order valence-electron chi connectivity index (χ0n) is 16.6. The topological polar surface area (TPSA) is 69.0 Å². The quantitative estimate of drug-likeness (QED) is 0.695. The standard InChI is InChI=1S/C21H26N6O/c1-21(2,3)27-20(24-19(25-27)17-7-5-9-23-15-17)18(16-6-4-8-22-14-16)26-10-12-28-13-11-26/h4-9,14-15,18H,10-13H2,1-3H3/t18-/m0/s1. The molecular formula is C21H26N6O. The van der Waals surface area contributed by atoms with Gasteiger partial charge in [-0.1, -0.05) is 6.07 Å². The Bertz CT molecular complexity index is 898. The molecular weight excluding hydrogens is 352 g/mol. The van der Waals surface area contributed by atoms with E-state index < -0.39 is 0 Å². The number of morpholine rings is 1. The summed E-state index contributed by atoms with van der Waals surface area (Å²) in [6.07, 6.45) is 7.29. The van der Waals surface area contributed by atoms with Crippen molar-refractivity contribution in [2.24, 2.45) is 0 Å². The minimum Gasteiger partial charge on any atom is -0.379 e. The molecule has 0 aromatic carbocycles. The summed E-state index contributed by atoms with van der Waals surface area (Å²) in [5, 5.41) is 4.88. The lowest BCUT2D eigenvalue weighted by molar-refractivity contribution is 0.0208. The first-order chi connectivity index (χ1) is 13.5. The number of rotatable bonds is 4. The van der Waals surface area contributed by atoms with E-state index in [2.05, 4.69) is 41.7 Å². The highest BCUT2D eigenvalue weighted by Crippen LogP contribution is 2.32. The van der Waals surface area contributed by atoms with Gasteiger partial charge in [0.15, 0.2) is 5.82 Å². The number of nitrogens with zero attached hydrogens (tertiary/aromatic N) is 6. The van der Waals surface area contributed by atoms with Gasteiger partial charge in [0, 0.05) is 43.4 Å². The Hall–Kier alpha value is -2.64. The van der Waals surface area contributed by atoms with Crippen molar-refractivity contribution in [1.82, 2.24) is 29.6 Å². The fourth-order valence-corrected chi connectivity index (χ4v) is 3.51. The van der Waals surface area contributed by atoms with Gasteiger partial charge in [-0.05, 0) is 44.5 Å². The molecule has 3 aromatic heterocycles. The zero-order chi connectivity index (χ0) is 19.6. The molecule has 0 unspecified atom stereocenters. The normalized spacial score (nSPS) is 16.8. The van der Waals surface area contributed by atoms with E-state index in [1.165, 1.54) is 0 Å². The summed E-state index contributed by atoms with van der Waals surface area (Å²) in [7, 11) is 0. The minimum atomic E-state index is -0.213. The molecule has 1 atom stereocenters. The Labute approximate surface area is 165 Å². The highest BCUT2D eigenvalue weighted by molar-refractivity contribution is 5.52. The second-order valence-electron chi connectivity index (χ2n) is 7.96. The van der Waals surface area contributed by atoms with Crippen LogP contribution in [0, 0.1) is 0 Å². The van der Waals surface area contributed by atoms with E-state index in [0.717, 1.165) is 43.3 Å². The fraction of sp³-hybridized carbons (Fsp3) is 0.429. The van der Waals surface area contributed by atoms with Gasteiger partial charge in [-0.3, -0.25) is 14.9 Å². The third-order valence-electron chi connectivity index (χ3n) is 4.84. The monoisotopic (exact) mass is 378 g/mol. The van der Waals surface area contributed by atoms with Crippen LogP contribution in [0.15, 0.2) is 49.1 Å². The predicted molar refractivity (Wildman–Crippen MR) is 107 cm³/mol. The van der Waals surface area contributed by atoms with Crippen molar-refractivity contribution in [3.05, 3.63) is 60.4 Å². The van der Waals surface area contributed by atoms with E-state index >= 15 is 0 Å². The first kappa shape index (κ1) is 18.7. The first-order valence-electron chi connectivity index (χ1n) is 9.63. The van der Waals surface area contributed by atoms with Gasteiger partial charge in [0.1, 0.15) is 5.82 Å². The molecule has 3 aromatic rings. The van der Waals surface area contributed by atoms with Crippen LogP contribution >= 0.6 is 0 Å². The van der Waals surface area contributed by atoms with Crippen LogP contribution in [-0.4, -0.2) is 55.9 Å². The summed E-state index contributed by atoms with van der Waals surface area (Å²) in [5.74, 6) is 1.61. The van der Waals surface area contributed by atoms with Crippen LogP contribution in [0.25, 0.3) is 11.4 Å². The van der Waals surface area contributed by atoms with Crippen molar-refractivity contribution >= 4 is 0 Å². The molecule has 0 aliphatic carbocycles. The second kappa shape index (κ2) is 7.77. The van der Waals surface area contributed by atoms with Gasteiger partial charge in [0.05, 0.1) is 24.8 Å². The maximum atomic E-state index is 5.59.